The van der Waals surface area contributed by atoms with Crippen LogP contribution in [0.25, 0.3) is 0 Å². The first-order chi connectivity index (χ1) is 9.69. The van der Waals surface area contributed by atoms with Crippen LogP contribution < -0.4 is 0 Å². The summed E-state index contributed by atoms with van der Waals surface area (Å²) in [4.78, 5) is 25.2. The highest BCUT2D eigenvalue weighted by molar-refractivity contribution is 5.79. The molecule has 0 saturated carbocycles. The lowest BCUT2D eigenvalue weighted by Crippen LogP contribution is -2.46. The van der Waals surface area contributed by atoms with Gasteiger partial charge in [0.15, 0.2) is 0 Å². The Labute approximate surface area is 118 Å². The number of carbonyl (C=O) groups excluding carboxylic acids is 2. The van der Waals surface area contributed by atoms with Gasteiger partial charge in [0.05, 0.1) is 32.7 Å². The molecule has 1 amide bonds. The average molecular weight is 277 g/mol. The van der Waals surface area contributed by atoms with Crippen molar-refractivity contribution >= 4 is 11.9 Å². The van der Waals surface area contributed by atoms with E-state index in [-0.39, 0.29) is 24.4 Å². The van der Waals surface area contributed by atoms with Crippen molar-refractivity contribution in [3.63, 3.8) is 0 Å². The van der Waals surface area contributed by atoms with Gasteiger partial charge in [-0.15, -0.1) is 0 Å². The summed E-state index contributed by atoms with van der Waals surface area (Å²) in [7, 11) is 1.35. The predicted molar refractivity (Wildman–Crippen MR) is 73.1 cm³/mol. The van der Waals surface area contributed by atoms with Gasteiger partial charge in [0.2, 0.25) is 5.91 Å². The van der Waals surface area contributed by atoms with Crippen LogP contribution in [0.4, 0.5) is 0 Å². The quantitative estimate of drug-likeness (QED) is 0.771. The zero-order valence-corrected chi connectivity index (χ0v) is 11.6. The molecular formula is C15H19NO4. The van der Waals surface area contributed by atoms with Crippen molar-refractivity contribution in [2.45, 2.75) is 18.9 Å². The molecule has 1 aromatic rings. The molecule has 0 radical (unpaired) electrons. The molecular weight excluding hydrogens is 258 g/mol. The second-order valence-corrected chi connectivity index (χ2v) is 4.78. The van der Waals surface area contributed by atoms with Gasteiger partial charge in [-0.3, -0.25) is 9.59 Å². The van der Waals surface area contributed by atoms with E-state index in [2.05, 4.69) is 4.74 Å². The fourth-order valence-corrected chi connectivity index (χ4v) is 2.22. The lowest BCUT2D eigenvalue weighted by molar-refractivity contribution is -0.149. The average Bonchev–Trinajstić information content (AvgIpc) is 2.48. The molecule has 0 bridgehead atoms. The van der Waals surface area contributed by atoms with Gasteiger partial charge in [0.25, 0.3) is 0 Å². The molecule has 5 nitrogen and oxygen atoms in total. The molecule has 1 fully saturated rings. The van der Waals surface area contributed by atoms with Gasteiger partial charge >= 0.3 is 5.97 Å². The third-order valence-corrected chi connectivity index (χ3v) is 3.31. The highest BCUT2D eigenvalue weighted by atomic mass is 16.5. The van der Waals surface area contributed by atoms with E-state index in [9.17, 15) is 9.59 Å². The third-order valence-electron chi connectivity index (χ3n) is 3.31. The Kier molecular flexibility index (Phi) is 5.12. The van der Waals surface area contributed by atoms with Crippen molar-refractivity contribution in [3.05, 3.63) is 35.9 Å². The van der Waals surface area contributed by atoms with E-state index < -0.39 is 0 Å². The van der Waals surface area contributed by atoms with Crippen molar-refractivity contribution in [3.8, 4) is 0 Å². The predicted octanol–water partition coefficient (Wildman–Crippen LogP) is 1.02. The highest BCUT2D eigenvalue weighted by Crippen LogP contribution is 2.11. The maximum atomic E-state index is 12.2. The van der Waals surface area contributed by atoms with Crippen LogP contribution in [0, 0.1) is 0 Å². The van der Waals surface area contributed by atoms with E-state index in [4.69, 9.17) is 4.74 Å². The zero-order valence-electron chi connectivity index (χ0n) is 11.6. The Hall–Kier alpha value is -1.88. The van der Waals surface area contributed by atoms with Crippen molar-refractivity contribution in [2.75, 3.05) is 26.8 Å². The molecule has 0 aromatic heterocycles. The van der Waals surface area contributed by atoms with Gasteiger partial charge in [-0.1, -0.05) is 30.3 Å². The molecule has 20 heavy (non-hydrogen) atoms. The second-order valence-electron chi connectivity index (χ2n) is 4.78. The van der Waals surface area contributed by atoms with Crippen molar-refractivity contribution in [2.24, 2.45) is 0 Å². The zero-order chi connectivity index (χ0) is 14.4. The molecule has 0 N–H and O–H groups in total. The van der Waals surface area contributed by atoms with Crippen LogP contribution in [0.15, 0.2) is 30.3 Å². The molecule has 108 valence electrons. The molecule has 5 heteroatoms. The Morgan fingerprint density at radius 1 is 1.35 bits per heavy atom. The van der Waals surface area contributed by atoms with Gasteiger partial charge in [0, 0.05) is 13.1 Å². The van der Waals surface area contributed by atoms with Crippen LogP contribution in [0.1, 0.15) is 12.0 Å². The monoisotopic (exact) mass is 277 g/mol. The molecule has 1 unspecified atom stereocenters. The summed E-state index contributed by atoms with van der Waals surface area (Å²) in [5.74, 6) is -0.248. The number of ether oxygens (including phenoxy) is 2. The summed E-state index contributed by atoms with van der Waals surface area (Å²) in [6.07, 6.45) is 0.299. The minimum absolute atomic E-state index is 0.0642. The number of rotatable bonds is 4. The van der Waals surface area contributed by atoms with E-state index >= 15 is 0 Å². The van der Waals surface area contributed by atoms with E-state index in [0.29, 0.717) is 26.1 Å². The van der Waals surface area contributed by atoms with Crippen LogP contribution >= 0.6 is 0 Å². The fourth-order valence-electron chi connectivity index (χ4n) is 2.22. The largest absolute Gasteiger partial charge is 0.469 e. The SMILES string of the molecule is COC(=O)CC1CN(C(=O)Cc2ccccc2)CCO1. The lowest BCUT2D eigenvalue weighted by Gasteiger charge is -2.32. The third kappa shape index (κ3) is 4.06. The molecule has 1 aliphatic rings. The number of amides is 1. The lowest BCUT2D eigenvalue weighted by atomic mass is 10.1. The van der Waals surface area contributed by atoms with Gasteiger partial charge in [-0.05, 0) is 5.56 Å². The molecule has 1 aromatic carbocycles. The molecule has 1 heterocycles. The van der Waals surface area contributed by atoms with Crippen LogP contribution in [0.3, 0.4) is 0 Å². The van der Waals surface area contributed by atoms with Gasteiger partial charge in [-0.2, -0.15) is 0 Å². The van der Waals surface area contributed by atoms with Gasteiger partial charge in [0.1, 0.15) is 0 Å². The Bertz CT molecular complexity index is 460. The van der Waals surface area contributed by atoms with Crippen LogP contribution in [0.2, 0.25) is 0 Å². The minimum Gasteiger partial charge on any atom is -0.469 e. The van der Waals surface area contributed by atoms with E-state index in [1.165, 1.54) is 7.11 Å². The normalized spacial score (nSPS) is 18.6. The highest BCUT2D eigenvalue weighted by Gasteiger charge is 2.26. The first-order valence-corrected chi connectivity index (χ1v) is 6.69. The number of nitrogens with zero attached hydrogens (tertiary/aromatic N) is 1. The minimum atomic E-state index is -0.313. The Morgan fingerprint density at radius 2 is 2.10 bits per heavy atom. The summed E-state index contributed by atoms with van der Waals surface area (Å²) >= 11 is 0. The fraction of sp³-hybridized carbons (Fsp3) is 0.467. The first kappa shape index (κ1) is 14.5. The number of morpholine rings is 1. The standard InChI is InChI=1S/C15H19NO4/c1-19-15(18)10-13-11-16(7-8-20-13)14(17)9-12-5-3-2-4-6-12/h2-6,13H,7-11H2,1H3. The number of methoxy groups -OCH3 is 1. The number of hydrogen-bond donors (Lipinski definition) is 0. The van der Waals surface area contributed by atoms with E-state index in [1.54, 1.807) is 4.90 Å². The molecule has 0 spiro atoms. The maximum Gasteiger partial charge on any atom is 0.308 e. The van der Waals surface area contributed by atoms with Crippen LogP contribution in [-0.2, 0) is 25.5 Å². The summed E-state index contributed by atoms with van der Waals surface area (Å²) in [6, 6.07) is 9.63. The maximum absolute atomic E-state index is 12.2. The van der Waals surface area contributed by atoms with Gasteiger partial charge in [-0.25, -0.2) is 0 Å². The van der Waals surface area contributed by atoms with Gasteiger partial charge < -0.3 is 14.4 Å². The number of hydrogen-bond acceptors (Lipinski definition) is 4. The van der Waals surface area contributed by atoms with Crippen LogP contribution in [-0.4, -0.2) is 49.7 Å². The topological polar surface area (TPSA) is 55.8 Å². The second kappa shape index (κ2) is 7.05. The molecule has 1 atom stereocenters. The number of esters is 1. The summed E-state index contributed by atoms with van der Waals surface area (Å²) in [5.41, 5.74) is 0.994. The first-order valence-electron chi connectivity index (χ1n) is 6.69. The van der Waals surface area contributed by atoms with Crippen molar-refractivity contribution in [1.82, 2.24) is 4.90 Å². The summed E-state index contributed by atoms with van der Waals surface area (Å²) in [6.45, 7) is 1.48. The Balaban J connectivity index is 1.88. The smallest absolute Gasteiger partial charge is 0.308 e. The molecule has 1 saturated heterocycles. The molecule has 1 aliphatic heterocycles. The summed E-state index contributed by atoms with van der Waals surface area (Å²) in [5, 5.41) is 0. The number of carbonyl (C=O) groups is 2. The Morgan fingerprint density at radius 3 is 2.80 bits per heavy atom. The number of benzene rings is 1. The van der Waals surface area contributed by atoms with Crippen LogP contribution in [0.5, 0.6) is 0 Å². The van der Waals surface area contributed by atoms with Crippen molar-refractivity contribution < 1.29 is 19.1 Å². The summed E-state index contributed by atoms with van der Waals surface area (Å²) < 4.78 is 10.1. The van der Waals surface area contributed by atoms with Crippen molar-refractivity contribution in [1.29, 1.82) is 0 Å². The molecule has 0 aliphatic carbocycles. The van der Waals surface area contributed by atoms with E-state index in [1.807, 2.05) is 30.3 Å². The van der Waals surface area contributed by atoms with E-state index in [0.717, 1.165) is 5.56 Å². The molecule has 2 rings (SSSR count).